The topological polar surface area (TPSA) is 73.6 Å². The van der Waals surface area contributed by atoms with Gasteiger partial charge in [0.05, 0.1) is 23.3 Å². The molecule has 0 atom stereocenters. The Balaban J connectivity index is 1.31. The number of oxazole rings is 1. The van der Waals surface area contributed by atoms with Crippen molar-refractivity contribution in [3.63, 3.8) is 0 Å². The minimum atomic E-state index is 0.572. The van der Waals surface area contributed by atoms with Gasteiger partial charge >= 0.3 is 0 Å². The van der Waals surface area contributed by atoms with Gasteiger partial charge in [-0.15, -0.1) is 0 Å². The van der Waals surface area contributed by atoms with E-state index in [1.807, 2.05) is 78.9 Å². The van der Waals surface area contributed by atoms with Gasteiger partial charge in [-0.3, -0.25) is 0 Å². The SMILES string of the molecule is N#Cc1cccc(-c2cc(C#N)cc(-c3ccc(-c4ccc(-c5nc6ccccc6o5)cc4)c4ccccc34)c2)c1. The van der Waals surface area contributed by atoms with Crippen LogP contribution in [0.25, 0.3) is 66.7 Å². The van der Waals surface area contributed by atoms with Crippen LogP contribution in [0.2, 0.25) is 0 Å². The van der Waals surface area contributed by atoms with E-state index in [0.29, 0.717) is 17.0 Å². The summed E-state index contributed by atoms with van der Waals surface area (Å²) in [6, 6.07) is 46.5. The van der Waals surface area contributed by atoms with Crippen molar-refractivity contribution in [3.8, 4) is 57.0 Å². The average molecular weight is 524 g/mol. The molecule has 0 aliphatic heterocycles. The van der Waals surface area contributed by atoms with E-state index in [-0.39, 0.29) is 0 Å². The van der Waals surface area contributed by atoms with E-state index in [1.54, 1.807) is 6.07 Å². The molecule has 0 spiro atoms. The van der Waals surface area contributed by atoms with Crippen LogP contribution in [0, 0.1) is 22.7 Å². The summed E-state index contributed by atoms with van der Waals surface area (Å²) in [5, 5.41) is 21.4. The number of fused-ring (bicyclic) bond motifs is 2. The molecular weight excluding hydrogens is 502 g/mol. The molecule has 0 radical (unpaired) electrons. The number of para-hydroxylation sites is 2. The number of benzene rings is 6. The standard InChI is InChI=1S/C37H21N3O/c38-22-24-6-5-7-28(18-24)29-19-25(23-39)20-30(21-29)32-17-16-31(33-8-1-2-9-34(32)33)26-12-14-27(15-13-26)37-40-35-10-3-4-11-36(35)41-37/h1-21H. The summed E-state index contributed by atoms with van der Waals surface area (Å²) in [7, 11) is 0. The Kier molecular flexibility index (Phi) is 5.86. The van der Waals surface area contributed by atoms with Gasteiger partial charge < -0.3 is 4.42 Å². The number of rotatable bonds is 4. The van der Waals surface area contributed by atoms with Crippen LogP contribution in [-0.4, -0.2) is 4.98 Å². The van der Waals surface area contributed by atoms with Crippen molar-refractivity contribution < 1.29 is 4.42 Å². The molecule has 4 heteroatoms. The normalized spacial score (nSPS) is 10.9. The van der Waals surface area contributed by atoms with E-state index in [9.17, 15) is 10.5 Å². The highest BCUT2D eigenvalue weighted by atomic mass is 16.3. The van der Waals surface area contributed by atoms with Crippen molar-refractivity contribution in [2.75, 3.05) is 0 Å². The second-order valence-corrected chi connectivity index (χ2v) is 9.87. The predicted octanol–water partition coefficient (Wildman–Crippen LogP) is 9.39. The summed E-state index contributed by atoms with van der Waals surface area (Å²) >= 11 is 0. The average Bonchev–Trinajstić information content (AvgIpc) is 3.49. The maximum Gasteiger partial charge on any atom is 0.227 e. The van der Waals surface area contributed by atoms with Gasteiger partial charge in [-0.05, 0) is 98.8 Å². The number of hydrogen-bond donors (Lipinski definition) is 0. The highest BCUT2D eigenvalue weighted by Crippen LogP contribution is 2.38. The molecule has 0 aliphatic carbocycles. The molecule has 1 aromatic heterocycles. The molecule has 7 rings (SSSR count). The Hall–Kier alpha value is -5.97. The Morgan fingerprint density at radius 2 is 1.12 bits per heavy atom. The molecule has 1 heterocycles. The minimum absolute atomic E-state index is 0.572. The first-order chi connectivity index (χ1) is 20.2. The highest BCUT2D eigenvalue weighted by Gasteiger charge is 2.13. The number of aromatic nitrogens is 1. The first kappa shape index (κ1) is 24.1. The van der Waals surface area contributed by atoms with Gasteiger partial charge in [0.1, 0.15) is 5.52 Å². The van der Waals surface area contributed by atoms with Crippen LogP contribution in [-0.2, 0) is 0 Å². The van der Waals surface area contributed by atoms with Gasteiger partial charge in [-0.2, -0.15) is 10.5 Å². The molecule has 0 amide bonds. The first-order valence-corrected chi connectivity index (χ1v) is 13.2. The Morgan fingerprint density at radius 3 is 1.85 bits per heavy atom. The number of nitriles is 2. The zero-order chi connectivity index (χ0) is 27.8. The molecule has 0 N–H and O–H groups in total. The van der Waals surface area contributed by atoms with Crippen LogP contribution < -0.4 is 0 Å². The third-order valence-electron chi connectivity index (χ3n) is 7.36. The van der Waals surface area contributed by atoms with Crippen molar-refractivity contribution in [1.82, 2.24) is 4.98 Å². The van der Waals surface area contributed by atoms with E-state index < -0.39 is 0 Å². The number of hydrogen-bond acceptors (Lipinski definition) is 4. The monoisotopic (exact) mass is 523 g/mol. The maximum absolute atomic E-state index is 9.82. The summed E-state index contributed by atoms with van der Waals surface area (Å²) in [6.45, 7) is 0. The van der Waals surface area contributed by atoms with E-state index in [1.165, 1.54) is 0 Å². The van der Waals surface area contributed by atoms with Crippen LogP contribution in [0.1, 0.15) is 11.1 Å². The molecule has 7 aromatic rings. The van der Waals surface area contributed by atoms with E-state index in [0.717, 1.165) is 60.8 Å². The predicted molar refractivity (Wildman–Crippen MR) is 163 cm³/mol. The van der Waals surface area contributed by atoms with E-state index >= 15 is 0 Å². The molecule has 6 aromatic carbocycles. The Morgan fingerprint density at radius 1 is 0.488 bits per heavy atom. The molecule has 4 nitrogen and oxygen atoms in total. The molecule has 0 bridgehead atoms. The lowest BCUT2D eigenvalue weighted by Crippen LogP contribution is -1.89. The van der Waals surface area contributed by atoms with E-state index in [2.05, 4.69) is 59.6 Å². The van der Waals surface area contributed by atoms with Crippen molar-refractivity contribution in [2.45, 2.75) is 0 Å². The van der Waals surface area contributed by atoms with Crippen LogP contribution in [0.3, 0.4) is 0 Å². The zero-order valence-electron chi connectivity index (χ0n) is 21.9. The fourth-order valence-electron chi connectivity index (χ4n) is 5.37. The summed E-state index contributed by atoms with van der Waals surface area (Å²) in [5.41, 5.74) is 9.71. The van der Waals surface area contributed by atoms with Gasteiger partial charge in [-0.1, -0.05) is 72.8 Å². The molecular formula is C37H21N3O. The van der Waals surface area contributed by atoms with Gasteiger partial charge in [0, 0.05) is 5.56 Å². The zero-order valence-corrected chi connectivity index (χ0v) is 21.9. The third-order valence-corrected chi connectivity index (χ3v) is 7.36. The maximum atomic E-state index is 9.82. The van der Waals surface area contributed by atoms with E-state index in [4.69, 9.17) is 4.42 Å². The highest BCUT2D eigenvalue weighted by molar-refractivity contribution is 6.05. The number of nitrogens with zero attached hydrogens (tertiary/aromatic N) is 3. The summed E-state index contributed by atoms with van der Waals surface area (Å²) in [5.74, 6) is 0.603. The van der Waals surface area contributed by atoms with Crippen molar-refractivity contribution in [2.24, 2.45) is 0 Å². The summed E-state index contributed by atoms with van der Waals surface area (Å²) in [6.07, 6.45) is 0. The van der Waals surface area contributed by atoms with Crippen LogP contribution in [0.5, 0.6) is 0 Å². The molecule has 0 fully saturated rings. The third kappa shape index (κ3) is 4.40. The van der Waals surface area contributed by atoms with Crippen molar-refractivity contribution in [3.05, 3.63) is 139 Å². The molecule has 190 valence electrons. The van der Waals surface area contributed by atoms with Crippen molar-refractivity contribution >= 4 is 21.9 Å². The quantitative estimate of drug-likeness (QED) is 0.230. The summed E-state index contributed by atoms with van der Waals surface area (Å²) in [4.78, 5) is 4.63. The second-order valence-electron chi connectivity index (χ2n) is 9.87. The Bertz CT molecular complexity index is 2140. The van der Waals surface area contributed by atoms with Gasteiger partial charge in [0.15, 0.2) is 5.58 Å². The lowest BCUT2D eigenvalue weighted by atomic mass is 9.90. The molecule has 0 aliphatic rings. The lowest BCUT2D eigenvalue weighted by Gasteiger charge is -2.14. The fourth-order valence-corrected chi connectivity index (χ4v) is 5.37. The van der Waals surface area contributed by atoms with Gasteiger partial charge in [0.2, 0.25) is 5.89 Å². The molecule has 0 saturated heterocycles. The fraction of sp³-hybridized carbons (Fsp3) is 0. The molecule has 0 unspecified atom stereocenters. The molecule has 41 heavy (non-hydrogen) atoms. The largest absolute Gasteiger partial charge is 0.436 e. The minimum Gasteiger partial charge on any atom is -0.436 e. The van der Waals surface area contributed by atoms with Crippen LogP contribution in [0.15, 0.2) is 132 Å². The smallest absolute Gasteiger partial charge is 0.227 e. The van der Waals surface area contributed by atoms with Gasteiger partial charge in [0.25, 0.3) is 0 Å². The van der Waals surface area contributed by atoms with Crippen molar-refractivity contribution in [1.29, 1.82) is 10.5 Å². The van der Waals surface area contributed by atoms with Crippen LogP contribution in [0.4, 0.5) is 0 Å². The lowest BCUT2D eigenvalue weighted by molar-refractivity contribution is 0.620. The second kappa shape index (κ2) is 9.97. The van der Waals surface area contributed by atoms with Crippen LogP contribution >= 0.6 is 0 Å². The summed E-state index contributed by atoms with van der Waals surface area (Å²) < 4.78 is 5.96. The van der Waals surface area contributed by atoms with Gasteiger partial charge in [-0.25, -0.2) is 4.98 Å². The first-order valence-electron chi connectivity index (χ1n) is 13.2. The molecule has 0 saturated carbocycles. The Labute approximate surface area is 237 Å².